The van der Waals surface area contributed by atoms with E-state index in [0.29, 0.717) is 17.2 Å². The maximum Gasteiger partial charge on any atom is 0.329 e. The van der Waals surface area contributed by atoms with Gasteiger partial charge < -0.3 is 13.6 Å². The summed E-state index contributed by atoms with van der Waals surface area (Å²) in [5.41, 5.74) is 1.34. The predicted octanol–water partition coefficient (Wildman–Crippen LogP) is 3.60. The van der Waals surface area contributed by atoms with Crippen LogP contribution in [0.4, 0.5) is 5.69 Å². The van der Waals surface area contributed by atoms with E-state index in [1.807, 2.05) is 24.3 Å². The minimum Gasteiger partial charge on any atom is -0.469 e. The van der Waals surface area contributed by atoms with Gasteiger partial charge in [-0.1, -0.05) is 12.1 Å². The minimum absolute atomic E-state index is 0.166. The standard InChI is InChI=1S/C20H17NO5/c1-24-20(23)19-14(17-9-5-11-26-17)12-18(22)21(19)15-7-3-2-6-13(15)16-8-4-10-25-16/h2-11,14,19H,12H2,1H3/t14-,19-/m0/s1. The number of esters is 1. The molecule has 1 aromatic carbocycles. The van der Waals surface area contributed by atoms with Gasteiger partial charge in [-0.2, -0.15) is 0 Å². The molecule has 26 heavy (non-hydrogen) atoms. The van der Waals surface area contributed by atoms with Crippen LogP contribution in [0.25, 0.3) is 11.3 Å². The quantitative estimate of drug-likeness (QED) is 0.672. The van der Waals surface area contributed by atoms with E-state index in [9.17, 15) is 9.59 Å². The van der Waals surface area contributed by atoms with Crippen molar-refractivity contribution in [3.8, 4) is 11.3 Å². The molecule has 0 N–H and O–H groups in total. The second-order valence-corrected chi connectivity index (χ2v) is 6.05. The number of methoxy groups -OCH3 is 1. The number of benzene rings is 1. The van der Waals surface area contributed by atoms with Gasteiger partial charge in [0.25, 0.3) is 0 Å². The number of carbonyl (C=O) groups is 2. The van der Waals surface area contributed by atoms with E-state index >= 15 is 0 Å². The Bertz CT molecular complexity index is 914. The number of carbonyl (C=O) groups excluding carboxylic acids is 2. The van der Waals surface area contributed by atoms with Crippen molar-refractivity contribution >= 4 is 17.6 Å². The fourth-order valence-electron chi connectivity index (χ4n) is 3.49. The Kier molecular flexibility index (Phi) is 4.08. The Balaban J connectivity index is 1.83. The molecule has 0 saturated carbocycles. The van der Waals surface area contributed by atoms with Gasteiger partial charge in [0, 0.05) is 12.0 Å². The summed E-state index contributed by atoms with van der Waals surface area (Å²) in [4.78, 5) is 26.9. The van der Waals surface area contributed by atoms with Crippen molar-refractivity contribution in [2.24, 2.45) is 0 Å². The summed E-state index contributed by atoms with van der Waals surface area (Å²) in [6.45, 7) is 0. The number of hydrogen-bond donors (Lipinski definition) is 0. The Hall–Kier alpha value is -3.28. The van der Waals surface area contributed by atoms with Crippen molar-refractivity contribution < 1.29 is 23.2 Å². The van der Waals surface area contributed by atoms with Crippen molar-refractivity contribution in [1.82, 2.24) is 0 Å². The molecule has 6 nitrogen and oxygen atoms in total. The smallest absolute Gasteiger partial charge is 0.329 e. The lowest BCUT2D eigenvalue weighted by Gasteiger charge is -2.27. The molecule has 1 amide bonds. The van der Waals surface area contributed by atoms with Crippen LogP contribution in [0.15, 0.2) is 69.9 Å². The molecular formula is C20H17NO5. The van der Waals surface area contributed by atoms with Crippen LogP contribution in [0.2, 0.25) is 0 Å². The average Bonchev–Trinajstić information content (AvgIpc) is 3.41. The van der Waals surface area contributed by atoms with Gasteiger partial charge in [-0.15, -0.1) is 0 Å². The molecule has 3 aromatic rings. The molecular weight excluding hydrogens is 334 g/mol. The Morgan fingerprint density at radius 3 is 2.54 bits per heavy atom. The fourth-order valence-corrected chi connectivity index (χ4v) is 3.49. The summed E-state index contributed by atoms with van der Waals surface area (Å²) in [5.74, 6) is 0.159. The van der Waals surface area contributed by atoms with E-state index in [2.05, 4.69) is 0 Å². The van der Waals surface area contributed by atoms with E-state index in [0.717, 1.165) is 5.56 Å². The molecule has 0 aliphatic carbocycles. The Morgan fingerprint density at radius 2 is 1.85 bits per heavy atom. The van der Waals surface area contributed by atoms with E-state index < -0.39 is 17.9 Å². The number of amides is 1. The monoisotopic (exact) mass is 351 g/mol. The molecule has 132 valence electrons. The van der Waals surface area contributed by atoms with Crippen LogP contribution in [-0.2, 0) is 14.3 Å². The summed E-state index contributed by atoms with van der Waals surface area (Å²) < 4.78 is 16.0. The highest BCUT2D eigenvalue weighted by Crippen LogP contribution is 2.42. The third-order valence-electron chi connectivity index (χ3n) is 4.62. The van der Waals surface area contributed by atoms with Crippen molar-refractivity contribution in [2.45, 2.75) is 18.4 Å². The lowest BCUT2D eigenvalue weighted by Crippen LogP contribution is -2.42. The first-order valence-corrected chi connectivity index (χ1v) is 8.27. The van der Waals surface area contributed by atoms with Gasteiger partial charge in [0.15, 0.2) is 0 Å². The molecule has 1 aliphatic heterocycles. The van der Waals surface area contributed by atoms with Gasteiger partial charge in [-0.3, -0.25) is 9.69 Å². The second-order valence-electron chi connectivity index (χ2n) is 6.05. The molecule has 6 heteroatoms. The lowest BCUT2D eigenvalue weighted by molar-refractivity contribution is -0.142. The molecule has 4 rings (SSSR count). The largest absolute Gasteiger partial charge is 0.469 e. The molecule has 0 unspecified atom stereocenters. The zero-order valence-corrected chi connectivity index (χ0v) is 14.1. The lowest BCUT2D eigenvalue weighted by atomic mass is 9.97. The van der Waals surface area contributed by atoms with Crippen molar-refractivity contribution in [3.63, 3.8) is 0 Å². The first-order chi connectivity index (χ1) is 12.7. The number of anilines is 1. The van der Waals surface area contributed by atoms with Crippen molar-refractivity contribution in [3.05, 3.63) is 66.8 Å². The highest BCUT2D eigenvalue weighted by Gasteiger charge is 2.48. The normalized spacial score (nSPS) is 19.7. The van der Waals surface area contributed by atoms with Gasteiger partial charge in [-0.25, -0.2) is 4.79 Å². The molecule has 0 bridgehead atoms. The Morgan fingerprint density at radius 1 is 1.08 bits per heavy atom. The fraction of sp³-hybridized carbons (Fsp3) is 0.200. The van der Waals surface area contributed by atoms with E-state index in [1.54, 1.807) is 30.5 Å². The number of ether oxygens (including phenoxy) is 1. The van der Waals surface area contributed by atoms with E-state index in [4.69, 9.17) is 13.6 Å². The zero-order chi connectivity index (χ0) is 18.1. The minimum atomic E-state index is -0.797. The molecule has 1 saturated heterocycles. The first-order valence-electron chi connectivity index (χ1n) is 8.27. The van der Waals surface area contributed by atoms with Gasteiger partial charge in [0.2, 0.25) is 5.91 Å². The third kappa shape index (κ3) is 2.60. The van der Waals surface area contributed by atoms with Crippen LogP contribution in [0.5, 0.6) is 0 Å². The topological polar surface area (TPSA) is 72.9 Å². The molecule has 1 aliphatic rings. The molecule has 3 heterocycles. The van der Waals surface area contributed by atoms with E-state index in [1.165, 1.54) is 18.3 Å². The molecule has 0 radical (unpaired) electrons. The number of para-hydroxylation sites is 1. The maximum absolute atomic E-state index is 12.9. The maximum atomic E-state index is 12.9. The molecule has 2 atom stereocenters. The number of rotatable bonds is 4. The molecule has 2 aromatic heterocycles. The highest BCUT2D eigenvalue weighted by atomic mass is 16.5. The van der Waals surface area contributed by atoms with Gasteiger partial charge in [0.05, 0.1) is 31.2 Å². The van der Waals surface area contributed by atoms with Crippen LogP contribution in [0, 0.1) is 0 Å². The predicted molar refractivity (Wildman–Crippen MR) is 93.5 cm³/mol. The van der Waals surface area contributed by atoms with Crippen molar-refractivity contribution in [2.75, 3.05) is 12.0 Å². The third-order valence-corrected chi connectivity index (χ3v) is 4.62. The van der Waals surface area contributed by atoms with E-state index in [-0.39, 0.29) is 12.3 Å². The van der Waals surface area contributed by atoms with Gasteiger partial charge >= 0.3 is 5.97 Å². The number of hydrogen-bond acceptors (Lipinski definition) is 5. The zero-order valence-electron chi connectivity index (χ0n) is 14.1. The van der Waals surface area contributed by atoms with Crippen LogP contribution in [-0.4, -0.2) is 25.0 Å². The average molecular weight is 351 g/mol. The summed E-state index contributed by atoms with van der Waals surface area (Å²) >= 11 is 0. The van der Waals surface area contributed by atoms with Crippen LogP contribution >= 0.6 is 0 Å². The molecule has 0 spiro atoms. The van der Waals surface area contributed by atoms with Gasteiger partial charge in [-0.05, 0) is 36.4 Å². The Labute approximate surface area is 150 Å². The number of furan rings is 2. The SMILES string of the molecule is COC(=O)[C@@H]1[C@H](c2ccco2)CC(=O)N1c1ccccc1-c1ccco1. The molecule has 1 fully saturated rings. The summed E-state index contributed by atoms with van der Waals surface area (Å²) in [5, 5.41) is 0. The van der Waals surface area contributed by atoms with Crippen LogP contribution in [0.1, 0.15) is 18.1 Å². The van der Waals surface area contributed by atoms with Crippen molar-refractivity contribution in [1.29, 1.82) is 0 Å². The van der Waals surface area contributed by atoms with Gasteiger partial charge in [0.1, 0.15) is 17.6 Å². The van der Waals surface area contributed by atoms with Crippen LogP contribution < -0.4 is 4.90 Å². The summed E-state index contributed by atoms with van der Waals surface area (Å²) in [6.07, 6.45) is 3.27. The second kappa shape index (κ2) is 6.55. The highest BCUT2D eigenvalue weighted by molar-refractivity contribution is 6.06. The number of nitrogens with zero attached hydrogens (tertiary/aromatic N) is 1. The summed E-state index contributed by atoms with van der Waals surface area (Å²) in [7, 11) is 1.32. The summed E-state index contributed by atoms with van der Waals surface area (Å²) in [6, 6.07) is 13.7. The van der Waals surface area contributed by atoms with Crippen LogP contribution in [0.3, 0.4) is 0 Å². The first kappa shape index (κ1) is 16.2.